The molecule has 26 heavy (non-hydrogen) atoms. The fourth-order valence-corrected chi connectivity index (χ4v) is 6.40. The molecule has 2 unspecified atom stereocenters. The van der Waals surface area contributed by atoms with Crippen LogP contribution in [0.4, 0.5) is 0 Å². The summed E-state index contributed by atoms with van der Waals surface area (Å²) in [5, 5.41) is 0. The second kappa shape index (κ2) is 12.2. The van der Waals surface area contributed by atoms with E-state index in [2.05, 4.69) is 32.9 Å². The number of hydrogen-bond acceptors (Lipinski definition) is 0. The molecule has 2 aliphatic carbocycles. The van der Waals surface area contributed by atoms with Gasteiger partial charge in [0.25, 0.3) is 0 Å². The van der Waals surface area contributed by atoms with Gasteiger partial charge in [-0.2, -0.15) is 0 Å². The molecule has 2 rings (SSSR count). The maximum atomic E-state index is 2.59. The van der Waals surface area contributed by atoms with E-state index in [9.17, 15) is 0 Å². The number of hydrogen-bond donors (Lipinski definition) is 0. The second-order valence-corrected chi connectivity index (χ2v) is 9.80. The fraction of sp³-hybridized carbons (Fsp3) is 0.923. The first-order valence-electron chi connectivity index (χ1n) is 12.4. The van der Waals surface area contributed by atoms with Crippen molar-refractivity contribution in [2.75, 3.05) is 0 Å². The highest BCUT2D eigenvalue weighted by Crippen LogP contribution is 2.54. The first-order chi connectivity index (χ1) is 12.7. The largest absolute Gasteiger partial charge is 0.0885 e. The fourth-order valence-electron chi connectivity index (χ4n) is 6.40. The molecule has 0 radical (unpaired) electrons. The van der Waals surface area contributed by atoms with Gasteiger partial charge in [-0.25, -0.2) is 0 Å². The molecule has 0 N–H and O–H groups in total. The molecule has 0 aromatic carbocycles. The highest BCUT2D eigenvalue weighted by Gasteiger charge is 2.44. The van der Waals surface area contributed by atoms with Crippen LogP contribution in [0.5, 0.6) is 0 Å². The Morgan fingerprint density at radius 2 is 1.42 bits per heavy atom. The lowest BCUT2D eigenvalue weighted by Gasteiger charge is -2.50. The maximum absolute atomic E-state index is 2.59. The summed E-state index contributed by atoms with van der Waals surface area (Å²) in [5.41, 5.74) is 0.661. The Balaban J connectivity index is 2.18. The molecule has 1 saturated carbocycles. The monoisotopic (exact) mass is 360 g/mol. The predicted octanol–water partition coefficient (Wildman–Crippen LogP) is 9.10. The summed E-state index contributed by atoms with van der Waals surface area (Å²) >= 11 is 0. The summed E-state index contributed by atoms with van der Waals surface area (Å²) in [6.45, 7) is 7.34. The molecule has 152 valence electrons. The third-order valence-corrected chi connectivity index (χ3v) is 7.79. The van der Waals surface area contributed by atoms with Gasteiger partial charge >= 0.3 is 0 Å². The zero-order valence-corrected chi connectivity index (χ0v) is 18.4. The molecule has 0 nitrogen and oxygen atoms in total. The van der Waals surface area contributed by atoms with Gasteiger partial charge in [-0.05, 0) is 74.5 Å². The molecule has 0 heteroatoms. The van der Waals surface area contributed by atoms with E-state index in [1.54, 1.807) is 0 Å². The minimum absolute atomic E-state index is 0.661. The van der Waals surface area contributed by atoms with Crippen LogP contribution in [-0.2, 0) is 0 Å². The molecular weight excluding hydrogens is 312 g/mol. The summed E-state index contributed by atoms with van der Waals surface area (Å²) in [6.07, 6.45) is 29.8. The van der Waals surface area contributed by atoms with Crippen LogP contribution in [0.25, 0.3) is 0 Å². The van der Waals surface area contributed by atoms with E-state index in [0.717, 1.165) is 17.8 Å². The van der Waals surface area contributed by atoms with Crippen LogP contribution in [0.2, 0.25) is 0 Å². The van der Waals surface area contributed by atoms with Crippen LogP contribution >= 0.6 is 0 Å². The highest BCUT2D eigenvalue weighted by molar-refractivity contribution is 4.98. The summed E-state index contributed by atoms with van der Waals surface area (Å²) in [7, 11) is 0. The molecule has 0 bridgehead atoms. The second-order valence-electron chi connectivity index (χ2n) is 9.80. The predicted molar refractivity (Wildman–Crippen MR) is 118 cm³/mol. The average molecular weight is 361 g/mol. The normalized spacial score (nSPS) is 23.5. The maximum Gasteiger partial charge on any atom is -0.0238 e. The van der Waals surface area contributed by atoms with Crippen LogP contribution in [0.3, 0.4) is 0 Å². The van der Waals surface area contributed by atoms with Crippen molar-refractivity contribution in [3.63, 3.8) is 0 Å². The van der Waals surface area contributed by atoms with Gasteiger partial charge in [0.05, 0.1) is 0 Å². The van der Waals surface area contributed by atoms with Crippen molar-refractivity contribution in [3.8, 4) is 0 Å². The zero-order chi connectivity index (χ0) is 18.7. The van der Waals surface area contributed by atoms with Crippen molar-refractivity contribution < 1.29 is 0 Å². The lowest BCUT2D eigenvalue weighted by Crippen LogP contribution is -2.41. The first-order valence-corrected chi connectivity index (χ1v) is 12.4. The molecule has 0 spiro atoms. The lowest BCUT2D eigenvalue weighted by molar-refractivity contribution is -0.000853. The molecule has 2 aliphatic rings. The van der Waals surface area contributed by atoms with Crippen LogP contribution in [0, 0.1) is 23.2 Å². The van der Waals surface area contributed by atoms with Gasteiger partial charge in [0.15, 0.2) is 0 Å². The molecule has 0 aromatic heterocycles. The number of allylic oxidation sites excluding steroid dienone is 2. The van der Waals surface area contributed by atoms with E-state index in [1.165, 1.54) is 109 Å². The Morgan fingerprint density at radius 3 is 2.04 bits per heavy atom. The third kappa shape index (κ3) is 6.42. The standard InChI is InChI=1S/C26H48/c1-4-6-11-16-23(3)22-26(21-7-5-2,25-19-14-10-15-20-25)24-17-12-8-9-13-18-24/h8-9,23-25H,4-7,10-22H2,1-3H3. The van der Waals surface area contributed by atoms with E-state index in [-0.39, 0.29) is 0 Å². The summed E-state index contributed by atoms with van der Waals surface area (Å²) in [4.78, 5) is 0. The smallest absolute Gasteiger partial charge is 0.0238 e. The molecule has 0 aliphatic heterocycles. The number of rotatable bonds is 11. The van der Waals surface area contributed by atoms with E-state index in [0.29, 0.717) is 5.41 Å². The Kier molecular flexibility index (Phi) is 10.4. The van der Waals surface area contributed by atoms with Crippen molar-refractivity contribution >= 4 is 0 Å². The van der Waals surface area contributed by atoms with Crippen LogP contribution < -0.4 is 0 Å². The van der Waals surface area contributed by atoms with E-state index in [1.807, 2.05) is 0 Å². The van der Waals surface area contributed by atoms with E-state index in [4.69, 9.17) is 0 Å². The Morgan fingerprint density at radius 1 is 0.808 bits per heavy atom. The molecule has 0 saturated heterocycles. The average Bonchev–Trinajstić information content (AvgIpc) is 2.96. The van der Waals surface area contributed by atoms with Gasteiger partial charge < -0.3 is 0 Å². The third-order valence-electron chi connectivity index (χ3n) is 7.79. The zero-order valence-electron chi connectivity index (χ0n) is 18.4. The molecule has 0 amide bonds. The van der Waals surface area contributed by atoms with Gasteiger partial charge in [-0.3, -0.25) is 0 Å². The minimum atomic E-state index is 0.661. The summed E-state index contributed by atoms with van der Waals surface area (Å²) < 4.78 is 0. The lowest BCUT2D eigenvalue weighted by atomic mass is 9.55. The van der Waals surface area contributed by atoms with Crippen molar-refractivity contribution in [2.45, 2.75) is 130 Å². The molecule has 0 heterocycles. The van der Waals surface area contributed by atoms with Gasteiger partial charge in [0.2, 0.25) is 0 Å². The Labute approximate surface area is 165 Å². The SMILES string of the molecule is CCCCCC(C)CC(CCCC)(C1CCC=CCC1)C1CCCCC1. The molecule has 0 aromatic rings. The van der Waals surface area contributed by atoms with E-state index < -0.39 is 0 Å². The van der Waals surface area contributed by atoms with Crippen molar-refractivity contribution in [1.82, 2.24) is 0 Å². The van der Waals surface area contributed by atoms with Crippen molar-refractivity contribution in [2.24, 2.45) is 23.2 Å². The van der Waals surface area contributed by atoms with Crippen molar-refractivity contribution in [1.29, 1.82) is 0 Å². The molecular formula is C26H48. The Hall–Kier alpha value is -0.260. The first kappa shape index (κ1) is 22.0. The summed E-state index contributed by atoms with van der Waals surface area (Å²) in [6, 6.07) is 0. The van der Waals surface area contributed by atoms with Gasteiger partial charge in [0, 0.05) is 0 Å². The van der Waals surface area contributed by atoms with Crippen LogP contribution in [0.1, 0.15) is 130 Å². The minimum Gasteiger partial charge on any atom is -0.0885 e. The van der Waals surface area contributed by atoms with Gasteiger partial charge in [0.1, 0.15) is 0 Å². The van der Waals surface area contributed by atoms with Crippen molar-refractivity contribution in [3.05, 3.63) is 12.2 Å². The van der Waals surface area contributed by atoms with Gasteiger partial charge in [-0.1, -0.05) is 90.7 Å². The molecule has 1 fully saturated rings. The summed E-state index contributed by atoms with van der Waals surface area (Å²) in [5.74, 6) is 2.94. The highest BCUT2D eigenvalue weighted by atomic mass is 14.5. The van der Waals surface area contributed by atoms with Gasteiger partial charge in [-0.15, -0.1) is 0 Å². The van der Waals surface area contributed by atoms with E-state index >= 15 is 0 Å². The Bertz CT molecular complexity index is 365. The number of unbranched alkanes of at least 4 members (excludes halogenated alkanes) is 3. The quantitative estimate of drug-likeness (QED) is 0.254. The topological polar surface area (TPSA) is 0 Å². The van der Waals surface area contributed by atoms with Crippen LogP contribution in [-0.4, -0.2) is 0 Å². The van der Waals surface area contributed by atoms with Crippen LogP contribution in [0.15, 0.2) is 12.2 Å². The molecule has 2 atom stereocenters.